The summed E-state index contributed by atoms with van der Waals surface area (Å²) in [6.07, 6.45) is 3.28. The monoisotopic (exact) mass is 388 g/mol. The van der Waals surface area contributed by atoms with E-state index in [9.17, 15) is 18.4 Å². The van der Waals surface area contributed by atoms with Crippen LogP contribution in [-0.4, -0.2) is 28.5 Å². The second-order valence-corrected chi connectivity index (χ2v) is 7.75. The second kappa shape index (κ2) is 8.25. The number of nitrogens with zero attached hydrogens (tertiary/aromatic N) is 2. The van der Waals surface area contributed by atoms with Gasteiger partial charge in [-0.25, -0.2) is 8.78 Å². The van der Waals surface area contributed by atoms with Crippen LogP contribution in [0.1, 0.15) is 46.4 Å². The van der Waals surface area contributed by atoms with Crippen LogP contribution in [0.4, 0.5) is 8.78 Å². The van der Waals surface area contributed by atoms with Gasteiger partial charge in [-0.05, 0) is 74.8 Å². The summed E-state index contributed by atoms with van der Waals surface area (Å²) in [6, 6.07) is 5.85. The van der Waals surface area contributed by atoms with Crippen molar-refractivity contribution >= 4 is 5.91 Å². The van der Waals surface area contributed by atoms with Crippen LogP contribution in [0.15, 0.2) is 29.1 Å². The highest BCUT2D eigenvalue weighted by atomic mass is 19.2. The standard InChI is InChI=1S/C22H26F2N2O2/c1-14-11-15(2)25(3)21(27)20(14)22(28)26-10-4-5-17(13-26)7-6-16-8-9-18(23)19(24)12-16/h8-9,11-12,17H,4-7,10,13H2,1-3H3/t17-/m1/s1. The molecule has 0 aliphatic carbocycles. The molecule has 0 spiro atoms. The molecule has 1 atom stereocenters. The third-order valence-electron chi connectivity index (χ3n) is 5.71. The Morgan fingerprint density at radius 2 is 1.93 bits per heavy atom. The van der Waals surface area contributed by atoms with Gasteiger partial charge in [0.05, 0.1) is 0 Å². The molecule has 28 heavy (non-hydrogen) atoms. The highest BCUT2D eigenvalue weighted by molar-refractivity contribution is 5.95. The van der Waals surface area contributed by atoms with E-state index < -0.39 is 11.6 Å². The number of amides is 1. The molecule has 0 unspecified atom stereocenters. The summed E-state index contributed by atoms with van der Waals surface area (Å²) < 4.78 is 27.9. The second-order valence-electron chi connectivity index (χ2n) is 7.75. The number of carbonyl (C=O) groups is 1. The van der Waals surface area contributed by atoms with Crippen LogP contribution in [0.25, 0.3) is 0 Å². The van der Waals surface area contributed by atoms with E-state index in [4.69, 9.17) is 0 Å². The van der Waals surface area contributed by atoms with E-state index in [0.29, 0.717) is 25.1 Å². The molecule has 0 saturated carbocycles. The third kappa shape index (κ3) is 4.16. The first-order valence-electron chi connectivity index (χ1n) is 9.68. The third-order valence-corrected chi connectivity index (χ3v) is 5.71. The minimum Gasteiger partial charge on any atom is -0.338 e. The first kappa shape index (κ1) is 20.2. The first-order chi connectivity index (χ1) is 13.3. The van der Waals surface area contributed by atoms with Crippen molar-refractivity contribution in [3.63, 3.8) is 0 Å². The Labute approximate surface area is 163 Å². The fourth-order valence-electron chi connectivity index (χ4n) is 3.95. The van der Waals surface area contributed by atoms with Crippen molar-refractivity contribution in [1.82, 2.24) is 9.47 Å². The predicted molar refractivity (Wildman–Crippen MR) is 104 cm³/mol. The molecule has 4 nitrogen and oxygen atoms in total. The summed E-state index contributed by atoms with van der Waals surface area (Å²) >= 11 is 0. The largest absolute Gasteiger partial charge is 0.338 e. The minimum absolute atomic E-state index is 0.212. The molecule has 2 heterocycles. The molecule has 2 aromatic rings. The summed E-state index contributed by atoms with van der Waals surface area (Å²) in [4.78, 5) is 27.4. The number of pyridine rings is 1. The Morgan fingerprint density at radius 1 is 1.18 bits per heavy atom. The van der Waals surface area contributed by atoms with Gasteiger partial charge in [0.1, 0.15) is 5.56 Å². The van der Waals surface area contributed by atoms with Crippen LogP contribution in [0.5, 0.6) is 0 Å². The van der Waals surface area contributed by atoms with Crippen molar-refractivity contribution in [3.8, 4) is 0 Å². The smallest absolute Gasteiger partial charge is 0.263 e. The summed E-state index contributed by atoms with van der Waals surface area (Å²) in [5, 5.41) is 0. The van der Waals surface area contributed by atoms with Crippen molar-refractivity contribution in [2.24, 2.45) is 13.0 Å². The van der Waals surface area contributed by atoms with Crippen LogP contribution < -0.4 is 5.56 Å². The zero-order valence-corrected chi connectivity index (χ0v) is 16.6. The van der Waals surface area contributed by atoms with Crippen molar-refractivity contribution in [2.45, 2.75) is 39.5 Å². The van der Waals surface area contributed by atoms with Gasteiger partial charge in [-0.3, -0.25) is 9.59 Å². The van der Waals surface area contributed by atoms with Crippen LogP contribution in [0.2, 0.25) is 0 Å². The average molecular weight is 388 g/mol. The molecule has 1 saturated heterocycles. The fourth-order valence-corrected chi connectivity index (χ4v) is 3.95. The average Bonchev–Trinajstić information content (AvgIpc) is 2.67. The van der Waals surface area contributed by atoms with Crippen molar-refractivity contribution in [2.75, 3.05) is 13.1 Å². The summed E-state index contributed by atoms with van der Waals surface area (Å²) in [6.45, 7) is 4.86. The fraction of sp³-hybridized carbons (Fsp3) is 0.455. The van der Waals surface area contributed by atoms with E-state index in [1.807, 2.05) is 13.0 Å². The van der Waals surface area contributed by atoms with Gasteiger partial charge in [-0.15, -0.1) is 0 Å². The Hall–Kier alpha value is -2.50. The molecule has 0 bridgehead atoms. The number of rotatable bonds is 4. The Bertz CT molecular complexity index is 952. The van der Waals surface area contributed by atoms with Gasteiger partial charge in [0.15, 0.2) is 11.6 Å². The lowest BCUT2D eigenvalue weighted by atomic mass is 9.91. The summed E-state index contributed by atoms with van der Waals surface area (Å²) in [5.74, 6) is -1.60. The van der Waals surface area contributed by atoms with E-state index in [1.54, 1.807) is 24.9 Å². The van der Waals surface area contributed by atoms with Crippen LogP contribution in [0, 0.1) is 31.4 Å². The summed E-state index contributed by atoms with van der Waals surface area (Å²) in [5.41, 5.74) is 2.27. The van der Waals surface area contributed by atoms with Gasteiger partial charge in [0.25, 0.3) is 11.5 Å². The molecular weight excluding hydrogens is 362 g/mol. The number of likely N-dealkylation sites (tertiary alicyclic amines) is 1. The van der Waals surface area contributed by atoms with Gasteiger partial charge in [0, 0.05) is 25.8 Å². The molecule has 1 fully saturated rings. The maximum atomic E-state index is 13.4. The number of aryl methyl sites for hydroxylation is 3. The van der Waals surface area contributed by atoms with E-state index in [0.717, 1.165) is 36.6 Å². The Balaban J connectivity index is 1.69. The van der Waals surface area contributed by atoms with Crippen molar-refractivity contribution in [1.29, 1.82) is 0 Å². The molecule has 1 aromatic heterocycles. The Morgan fingerprint density at radius 3 is 2.64 bits per heavy atom. The molecule has 1 aliphatic rings. The first-order valence-corrected chi connectivity index (χ1v) is 9.68. The highest BCUT2D eigenvalue weighted by Gasteiger charge is 2.27. The van der Waals surface area contributed by atoms with Crippen molar-refractivity contribution in [3.05, 3.63) is 68.6 Å². The lowest BCUT2D eigenvalue weighted by Crippen LogP contribution is -2.43. The van der Waals surface area contributed by atoms with E-state index >= 15 is 0 Å². The zero-order chi connectivity index (χ0) is 20.4. The lowest BCUT2D eigenvalue weighted by molar-refractivity contribution is 0.0665. The van der Waals surface area contributed by atoms with E-state index in [2.05, 4.69) is 0 Å². The van der Waals surface area contributed by atoms with E-state index in [-0.39, 0.29) is 22.9 Å². The van der Waals surface area contributed by atoms with Gasteiger partial charge >= 0.3 is 0 Å². The van der Waals surface area contributed by atoms with Gasteiger partial charge < -0.3 is 9.47 Å². The van der Waals surface area contributed by atoms with Gasteiger partial charge in [-0.1, -0.05) is 6.07 Å². The highest BCUT2D eigenvalue weighted by Crippen LogP contribution is 2.23. The molecule has 3 rings (SSSR count). The quantitative estimate of drug-likeness (QED) is 0.800. The van der Waals surface area contributed by atoms with E-state index in [1.165, 1.54) is 10.6 Å². The molecule has 150 valence electrons. The maximum absolute atomic E-state index is 13.4. The number of hydrogen-bond donors (Lipinski definition) is 0. The Kier molecular flexibility index (Phi) is 5.96. The van der Waals surface area contributed by atoms with Crippen molar-refractivity contribution < 1.29 is 13.6 Å². The molecule has 1 aromatic carbocycles. The predicted octanol–water partition coefficient (Wildman–Crippen LogP) is 3.77. The number of piperidine rings is 1. The van der Waals surface area contributed by atoms with Crippen LogP contribution in [0.3, 0.4) is 0 Å². The van der Waals surface area contributed by atoms with Gasteiger partial charge in [0.2, 0.25) is 0 Å². The van der Waals surface area contributed by atoms with Gasteiger partial charge in [-0.2, -0.15) is 0 Å². The normalized spacial score (nSPS) is 17.0. The molecule has 6 heteroatoms. The maximum Gasteiger partial charge on any atom is 0.263 e. The number of carbonyl (C=O) groups excluding carboxylic acids is 1. The minimum atomic E-state index is -0.840. The molecular formula is C22H26F2N2O2. The van der Waals surface area contributed by atoms with Crippen LogP contribution in [-0.2, 0) is 13.5 Å². The number of aromatic nitrogens is 1. The van der Waals surface area contributed by atoms with Crippen LogP contribution >= 0.6 is 0 Å². The number of hydrogen-bond acceptors (Lipinski definition) is 2. The topological polar surface area (TPSA) is 42.3 Å². The molecule has 0 radical (unpaired) electrons. The number of halogens is 2. The summed E-state index contributed by atoms with van der Waals surface area (Å²) in [7, 11) is 1.68. The number of benzene rings is 1. The SMILES string of the molecule is Cc1cc(C)n(C)c(=O)c1C(=O)N1CCC[C@H](CCc2ccc(F)c(F)c2)C1. The zero-order valence-electron chi connectivity index (χ0n) is 16.6. The molecule has 1 amide bonds. The lowest BCUT2D eigenvalue weighted by Gasteiger charge is -2.33. The molecule has 0 N–H and O–H groups in total. The molecule has 1 aliphatic heterocycles.